The number of carbonyl (C=O) groups excluding carboxylic acids is 1. The Morgan fingerprint density at radius 1 is 1.23 bits per heavy atom. The van der Waals surface area contributed by atoms with E-state index in [1.807, 2.05) is 0 Å². The van der Waals surface area contributed by atoms with Gasteiger partial charge in [-0.25, -0.2) is 4.98 Å². The summed E-state index contributed by atoms with van der Waals surface area (Å²) >= 11 is 1.06. The topological polar surface area (TPSA) is 92.0 Å². The Kier molecular flexibility index (Phi) is 4.85. The number of alkyl halides is 3. The molecule has 1 aromatic carbocycles. The van der Waals surface area contributed by atoms with Crippen molar-refractivity contribution >= 4 is 23.3 Å². The van der Waals surface area contributed by atoms with Crippen LogP contribution >= 0.6 is 11.8 Å². The Morgan fingerprint density at radius 3 is 2.58 bits per heavy atom. The van der Waals surface area contributed by atoms with Crippen molar-refractivity contribution in [3.63, 3.8) is 0 Å². The first-order valence-electron chi connectivity index (χ1n) is 7.08. The molecule has 0 bridgehead atoms. The van der Waals surface area contributed by atoms with Gasteiger partial charge in [-0.2, -0.15) is 18.3 Å². The molecule has 134 valence electrons. The number of allylic oxidation sites excluding steroid dienone is 1. The predicted octanol–water partition coefficient (Wildman–Crippen LogP) is 4.35. The molecule has 0 aliphatic rings. The van der Waals surface area contributed by atoms with Gasteiger partial charge < -0.3 is 9.52 Å². The first-order chi connectivity index (χ1) is 12.3. The van der Waals surface area contributed by atoms with E-state index in [0.29, 0.717) is 9.79 Å². The number of nitrogens with one attached hydrogen (secondary N) is 1. The minimum Gasteiger partial charge on any atom is -0.504 e. The van der Waals surface area contributed by atoms with Gasteiger partial charge >= 0.3 is 6.18 Å². The summed E-state index contributed by atoms with van der Waals surface area (Å²) in [4.78, 5) is 16.9. The quantitative estimate of drug-likeness (QED) is 0.388. The fraction of sp³-hybridized carbons (Fsp3) is 0.0625. The number of nitrogens with zero attached hydrogens (tertiary/aromatic N) is 2. The maximum Gasteiger partial charge on any atom is 0.416 e. The molecule has 0 amide bonds. The summed E-state index contributed by atoms with van der Waals surface area (Å²) < 4.78 is 42.9. The van der Waals surface area contributed by atoms with Gasteiger partial charge in [0, 0.05) is 11.0 Å². The number of aliphatic hydroxyl groups excluding tert-OH is 1. The van der Waals surface area contributed by atoms with Crippen molar-refractivity contribution in [3.05, 3.63) is 66.1 Å². The molecule has 0 radical (unpaired) electrons. The number of aliphatic hydroxyl groups is 1. The van der Waals surface area contributed by atoms with Crippen molar-refractivity contribution < 1.29 is 27.5 Å². The fourth-order valence-electron chi connectivity index (χ4n) is 1.98. The third-order valence-corrected chi connectivity index (χ3v) is 4.24. The molecule has 2 heterocycles. The number of carbonyl (C=O) groups is 1. The van der Waals surface area contributed by atoms with E-state index in [0.717, 1.165) is 30.0 Å². The molecule has 0 aliphatic carbocycles. The number of hydrogen-bond donors (Lipinski definition) is 2. The highest BCUT2D eigenvalue weighted by molar-refractivity contribution is 7.99. The zero-order valence-corrected chi connectivity index (χ0v) is 13.6. The van der Waals surface area contributed by atoms with Gasteiger partial charge in [-0.05, 0) is 30.3 Å². The molecule has 26 heavy (non-hydrogen) atoms. The normalized spacial score (nSPS) is 12.3. The average molecular weight is 381 g/mol. The number of hydrogen-bond acceptors (Lipinski definition) is 6. The van der Waals surface area contributed by atoms with Crippen molar-refractivity contribution in [1.82, 2.24) is 15.2 Å². The number of furan rings is 1. The minimum absolute atomic E-state index is 0.0156. The highest BCUT2D eigenvalue weighted by Crippen LogP contribution is 2.35. The van der Waals surface area contributed by atoms with Gasteiger partial charge in [0.25, 0.3) is 0 Å². The first-order valence-corrected chi connectivity index (χ1v) is 7.89. The Balaban J connectivity index is 1.78. The lowest BCUT2D eigenvalue weighted by molar-refractivity contribution is -0.137. The summed E-state index contributed by atoms with van der Waals surface area (Å²) in [5.74, 6) is -1.09. The fourth-order valence-corrected chi connectivity index (χ4v) is 2.87. The smallest absolute Gasteiger partial charge is 0.416 e. The third-order valence-electron chi connectivity index (χ3n) is 3.19. The van der Waals surface area contributed by atoms with E-state index in [-0.39, 0.29) is 11.6 Å². The maximum atomic E-state index is 12.6. The van der Waals surface area contributed by atoms with E-state index in [2.05, 4.69) is 15.2 Å². The van der Waals surface area contributed by atoms with Crippen LogP contribution in [-0.4, -0.2) is 26.1 Å². The number of aromatic amines is 1. The highest BCUT2D eigenvalue weighted by Gasteiger charge is 2.30. The van der Waals surface area contributed by atoms with E-state index >= 15 is 0 Å². The number of rotatable bonds is 5. The molecule has 0 fully saturated rings. The number of ketones is 1. The van der Waals surface area contributed by atoms with Crippen molar-refractivity contribution in [2.45, 2.75) is 16.0 Å². The van der Waals surface area contributed by atoms with Crippen molar-refractivity contribution in [2.75, 3.05) is 0 Å². The molecule has 3 aromatic rings. The van der Waals surface area contributed by atoms with Gasteiger partial charge in [0.05, 0.1) is 16.7 Å². The minimum atomic E-state index is -4.41. The van der Waals surface area contributed by atoms with Crippen LogP contribution in [0.4, 0.5) is 13.2 Å². The molecule has 0 saturated heterocycles. The lowest BCUT2D eigenvalue weighted by atomic mass is 10.2. The van der Waals surface area contributed by atoms with Crippen LogP contribution in [0.15, 0.2) is 63.2 Å². The second-order valence-electron chi connectivity index (χ2n) is 4.97. The first kappa shape index (κ1) is 17.8. The molecule has 2 N–H and O–H groups in total. The second-order valence-corrected chi connectivity index (χ2v) is 6.08. The summed E-state index contributed by atoms with van der Waals surface area (Å²) in [5.41, 5.74) is -0.759. The van der Waals surface area contributed by atoms with Crippen LogP contribution in [0.2, 0.25) is 0 Å². The standard InChI is InChI=1S/C16H10F3N3O3S/c17-16(18,19)9-1-3-10(4-2-9)26-13-5-6-25-14(13)11(23)7-12(24)15-20-8-21-22-15/h1-8,24H,(H,20,21,22). The van der Waals surface area contributed by atoms with Gasteiger partial charge in [0.1, 0.15) is 6.33 Å². The molecule has 0 saturated carbocycles. The van der Waals surface area contributed by atoms with Gasteiger partial charge in [-0.1, -0.05) is 11.8 Å². The number of H-pyrrole nitrogens is 1. The molecular weight excluding hydrogens is 371 g/mol. The van der Waals surface area contributed by atoms with Crippen LogP contribution in [0, 0.1) is 0 Å². The zero-order valence-electron chi connectivity index (χ0n) is 12.8. The summed E-state index contributed by atoms with van der Waals surface area (Å²) in [6, 6.07) is 6.03. The van der Waals surface area contributed by atoms with Gasteiger partial charge in [0.2, 0.25) is 5.78 Å². The van der Waals surface area contributed by atoms with E-state index in [1.54, 1.807) is 0 Å². The van der Waals surface area contributed by atoms with E-state index in [1.165, 1.54) is 30.8 Å². The molecular formula is C16H10F3N3O3S. The largest absolute Gasteiger partial charge is 0.504 e. The molecule has 0 aliphatic heterocycles. The van der Waals surface area contributed by atoms with Crippen LogP contribution < -0.4 is 0 Å². The molecule has 3 rings (SSSR count). The number of halogens is 3. The van der Waals surface area contributed by atoms with Crippen molar-refractivity contribution in [3.8, 4) is 0 Å². The van der Waals surface area contributed by atoms with Crippen molar-refractivity contribution in [1.29, 1.82) is 0 Å². The number of aromatic nitrogens is 3. The Labute approximate surface area is 148 Å². The third kappa shape index (κ3) is 3.97. The summed E-state index contributed by atoms with van der Waals surface area (Å²) in [7, 11) is 0. The van der Waals surface area contributed by atoms with Crippen LogP contribution in [0.5, 0.6) is 0 Å². The van der Waals surface area contributed by atoms with Crippen LogP contribution in [-0.2, 0) is 6.18 Å². The van der Waals surface area contributed by atoms with E-state index < -0.39 is 23.3 Å². The zero-order chi connectivity index (χ0) is 18.7. The lowest BCUT2D eigenvalue weighted by Crippen LogP contribution is -2.03. The lowest BCUT2D eigenvalue weighted by Gasteiger charge is -2.07. The molecule has 10 heteroatoms. The Hall–Kier alpha value is -3.01. The summed E-state index contributed by atoms with van der Waals surface area (Å²) in [6.07, 6.45) is -1.05. The molecule has 0 atom stereocenters. The molecule has 0 spiro atoms. The van der Waals surface area contributed by atoms with Crippen LogP contribution in [0.3, 0.4) is 0 Å². The van der Waals surface area contributed by atoms with Crippen LogP contribution in [0.1, 0.15) is 21.9 Å². The van der Waals surface area contributed by atoms with Gasteiger partial charge in [-0.15, -0.1) is 0 Å². The Bertz CT molecular complexity index is 932. The number of benzene rings is 1. The van der Waals surface area contributed by atoms with Crippen LogP contribution in [0.25, 0.3) is 5.76 Å². The monoisotopic (exact) mass is 381 g/mol. The summed E-state index contributed by atoms with van der Waals surface area (Å²) in [5, 5.41) is 15.8. The molecule has 0 unspecified atom stereocenters. The van der Waals surface area contributed by atoms with Crippen molar-refractivity contribution in [2.24, 2.45) is 0 Å². The average Bonchev–Trinajstić information content (AvgIpc) is 3.26. The Morgan fingerprint density at radius 2 is 1.96 bits per heavy atom. The van der Waals surface area contributed by atoms with Gasteiger partial charge in [0.15, 0.2) is 17.3 Å². The maximum absolute atomic E-state index is 12.6. The summed E-state index contributed by atoms with van der Waals surface area (Å²) in [6.45, 7) is 0. The second kappa shape index (κ2) is 7.08. The molecule has 2 aromatic heterocycles. The van der Waals surface area contributed by atoms with E-state index in [9.17, 15) is 23.1 Å². The molecule has 6 nitrogen and oxygen atoms in total. The highest BCUT2D eigenvalue weighted by atomic mass is 32.2. The van der Waals surface area contributed by atoms with E-state index in [4.69, 9.17) is 4.42 Å². The van der Waals surface area contributed by atoms with Gasteiger partial charge in [-0.3, -0.25) is 9.89 Å². The predicted molar refractivity (Wildman–Crippen MR) is 85.6 cm³/mol. The SMILES string of the molecule is O=C(C=C(O)c1ncn[nH]1)c1occc1Sc1ccc(C(F)(F)F)cc1.